The zero-order valence-electron chi connectivity index (χ0n) is 9.46. The molecule has 1 aromatic carbocycles. The van der Waals surface area contributed by atoms with Crippen LogP contribution in [-0.2, 0) is 7.05 Å². The highest BCUT2D eigenvalue weighted by atomic mass is 15.1. The molecule has 0 aliphatic carbocycles. The highest BCUT2D eigenvalue weighted by molar-refractivity contribution is 5.93. The van der Waals surface area contributed by atoms with E-state index in [0.717, 1.165) is 22.2 Å². The van der Waals surface area contributed by atoms with Gasteiger partial charge in [0, 0.05) is 30.6 Å². The molecule has 3 aromatic rings. The molecule has 0 atom stereocenters. The zero-order valence-corrected chi connectivity index (χ0v) is 9.46. The molecule has 0 saturated carbocycles. The van der Waals surface area contributed by atoms with Crippen LogP contribution in [0.5, 0.6) is 0 Å². The van der Waals surface area contributed by atoms with Gasteiger partial charge in [0.1, 0.15) is 0 Å². The molecule has 0 amide bonds. The number of nitrogens with zero attached hydrogens (tertiary/aromatic N) is 3. The number of hydrogen-bond donors (Lipinski definition) is 1. The van der Waals surface area contributed by atoms with Crippen molar-refractivity contribution in [1.29, 1.82) is 0 Å². The average molecular weight is 224 g/mol. The molecule has 2 heterocycles. The molecular formula is C13H12N4. The van der Waals surface area contributed by atoms with Crippen LogP contribution in [0.2, 0.25) is 0 Å². The van der Waals surface area contributed by atoms with E-state index < -0.39 is 0 Å². The molecule has 3 rings (SSSR count). The van der Waals surface area contributed by atoms with Gasteiger partial charge in [-0.05, 0) is 12.1 Å². The minimum Gasteiger partial charge on any atom is -0.369 e. The molecule has 2 N–H and O–H groups in total. The van der Waals surface area contributed by atoms with Gasteiger partial charge in [-0.15, -0.1) is 0 Å². The van der Waals surface area contributed by atoms with E-state index in [1.54, 1.807) is 6.20 Å². The van der Waals surface area contributed by atoms with E-state index in [0.29, 0.717) is 5.95 Å². The molecule has 0 fully saturated rings. The summed E-state index contributed by atoms with van der Waals surface area (Å²) in [4.78, 5) is 8.53. The largest absolute Gasteiger partial charge is 0.369 e. The van der Waals surface area contributed by atoms with Crippen molar-refractivity contribution in [2.75, 3.05) is 5.73 Å². The summed E-state index contributed by atoms with van der Waals surface area (Å²) in [5.41, 5.74) is 9.89. The van der Waals surface area contributed by atoms with Crippen LogP contribution in [0.3, 0.4) is 0 Å². The molecule has 0 bridgehead atoms. The molecule has 17 heavy (non-hydrogen) atoms. The average Bonchev–Trinajstić information content (AvgIpc) is 2.67. The molecule has 84 valence electrons. The second kappa shape index (κ2) is 3.59. The highest BCUT2D eigenvalue weighted by Crippen LogP contribution is 2.28. The molecule has 4 nitrogen and oxygen atoms in total. The number of aryl methyl sites for hydroxylation is 1. The number of benzene rings is 1. The van der Waals surface area contributed by atoms with Crippen molar-refractivity contribution in [2.45, 2.75) is 0 Å². The van der Waals surface area contributed by atoms with Gasteiger partial charge in [-0.1, -0.05) is 18.2 Å². The lowest BCUT2D eigenvalue weighted by molar-refractivity contribution is 0.965. The van der Waals surface area contributed by atoms with Crippen LogP contribution < -0.4 is 5.73 Å². The molecule has 0 radical (unpaired) electrons. The van der Waals surface area contributed by atoms with E-state index in [4.69, 9.17) is 5.73 Å². The first kappa shape index (κ1) is 9.84. The Labute approximate surface area is 98.7 Å². The lowest BCUT2D eigenvalue weighted by Gasteiger charge is -2.02. The summed E-state index contributed by atoms with van der Waals surface area (Å²) in [5.74, 6) is 0.524. The number of anilines is 1. The van der Waals surface area contributed by atoms with Gasteiger partial charge < -0.3 is 10.3 Å². The Bertz CT molecular complexity index is 670. The van der Waals surface area contributed by atoms with Crippen molar-refractivity contribution >= 4 is 17.0 Å². The predicted octanol–water partition coefficient (Wildman–Crippen LogP) is 2.22. The lowest BCUT2D eigenvalue weighted by atomic mass is 10.1. The highest BCUT2D eigenvalue weighted by Gasteiger charge is 2.09. The van der Waals surface area contributed by atoms with E-state index in [9.17, 15) is 0 Å². The molecular weight excluding hydrogens is 212 g/mol. The van der Waals surface area contributed by atoms with E-state index in [-0.39, 0.29) is 0 Å². The van der Waals surface area contributed by atoms with Crippen LogP contribution in [0.25, 0.3) is 22.2 Å². The Kier molecular flexibility index (Phi) is 2.08. The number of nitrogens with two attached hydrogens (primary N) is 1. The van der Waals surface area contributed by atoms with E-state index >= 15 is 0 Å². The summed E-state index contributed by atoms with van der Waals surface area (Å²) in [6.07, 6.45) is 3.59. The maximum Gasteiger partial charge on any atom is 0.200 e. The fourth-order valence-corrected chi connectivity index (χ4v) is 1.99. The number of imidazole rings is 1. The molecule has 0 aliphatic rings. The van der Waals surface area contributed by atoms with Gasteiger partial charge in [0.05, 0.1) is 11.0 Å². The van der Waals surface area contributed by atoms with Crippen molar-refractivity contribution < 1.29 is 0 Å². The first-order valence-corrected chi connectivity index (χ1v) is 5.38. The molecule has 2 aromatic heterocycles. The van der Waals surface area contributed by atoms with Crippen molar-refractivity contribution in [3.05, 3.63) is 42.7 Å². The Hall–Kier alpha value is -2.36. The number of para-hydroxylation sites is 1. The van der Waals surface area contributed by atoms with Gasteiger partial charge >= 0.3 is 0 Å². The molecule has 0 spiro atoms. The monoisotopic (exact) mass is 224 g/mol. The molecule has 0 aliphatic heterocycles. The fraction of sp³-hybridized carbons (Fsp3) is 0.0769. The van der Waals surface area contributed by atoms with E-state index in [2.05, 4.69) is 9.97 Å². The number of pyridine rings is 1. The molecule has 0 saturated heterocycles. The number of fused-ring (bicyclic) bond motifs is 1. The van der Waals surface area contributed by atoms with Crippen LogP contribution in [0, 0.1) is 0 Å². The third-order valence-corrected chi connectivity index (χ3v) is 2.92. The number of nitrogen functional groups attached to an aromatic ring is 1. The summed E-state index contributed by atoms with van der Waals surface area (Å²) >= 11 is 0. The van der Waals surface area contributed by atoms with E-state index in [1.807, 2.05) is 48.1 Å². The van der Waals surface area contributed by atoms with Gasteiger partial charge in [-0.3, -0.25) is 4.98 Å². The fourth-order valence-electron chi connectivity index (χ4n) is 1.99. The molecule has 4 heteroatoms. The van der Waals surface area contributed by atoms with Gasteiger partial charge in [0.15, 0.2) is 0 Å². The quantitative estimate of drug-likeness (QED) is 0.689. The number of hydrogen-bond acceptors (Lipinski definition) is 3. The van der Waals surface area contributed by atoms with Gasteiger partial charge in [0.25, 0.3) is 0 Å². The second-order valence-electron chi connectivity index (χ2n) is 3.94. The second-order valence-corrected chi connectivity index (χ2v) is 3.94. The Morgan fingerprint density at radius 1 is 1.18 bits per heavy atom. The van der Waals surface area contributed by atoms with Crippen molar-refractivity contribution in [1.82, 2.24) is 14.5 Å². The first-order valence-electron chi connectivity index (χ1n) is 5.38. The Morgan fingerprint density at radius 2 is 2.06 bits per heavy atom. The SMILES string of the molecule is Cn1c(N)nc2c(-c3cccnc3)cccc21. The van der Waals surface area contributed by atoms with Crippen LogP contribution in [0.15, 0.2) is 42.7 Å². The van der Waals surface area contributed by atoms with Crippen LogP contribution in [-0.4, -0.2) is 14.5 Å². The zero-order chi connectivity index (χ0) is 11.8. The third kappa shape index (κ3) is 1.45. The topological polar surface area (TPSA) is 56.7 Å². The van der Waals surface area contributed by atoms with E-state index in [1.165, 1.54) is 0 Å². The first-order chi connectivity index (χ1) is 8.27. The number of aromatic nitrogens is 3. The maximum absolute atomic E-state index is 5.84. The Morgan fingerprint density at radius 3 is 2.82 bits per heavy atom. The van der Waals surface area contributed by atoms with Crippen LogP contribution >= 0.6 is 0 Å². The van der Waals surface area contributed by atoms with Crippen molar-refractivity contribution in [3.8, 4) is 11.1 Å². The number of rotatable bonds is 1. The van der Waals surface area contributed by atoms with Gasteiger partial charge in [-0.2, -0.15) is 0 Å². The normalized spacial score (nSPS) is 10.9. The summed E-state index contributed by atoms with van der Waals surface area (Å²) in [6.45, 7) is 0. The lowest BCUT2D eigenvalue weighted by Crippen LogP contribution is -1.95. The summed E-state index contributed by atoms with van der Waals surface area (Å²) in [6, 6.07) is 9.99. The predicted molar refractivity (Wildman–Crippen MR) is 68.4 cm³/mol. The molecule has 0 unspecified atom stereocenters. The minimum absolute atomic E-state index is 0.524. The standard InChI is InChI=1S/C13H12N4/c1-17-11-6-2-5-10(12(11)16-13(17)14)9-4-3-7-15-8-9/h2-8H,1H3,(H2,14,16). The maximum atomic E-state index is 5.84. The third-order valence-electron chi connectivity index (χ3n) is 2.92. The van der Waals surface area contributed by atoms with Gasteiger partial charge in [-0.25, -0.2) is 4.98 Å². The van der Waals surface area contributed by atoms with Crippen molar-refractivity contribution in [2.24, 2.45) is 7.05 Å². The van der Waals surface area contributed by atoms with Crippen LogP contribution in [0.4, 0.5) is 5.95 Å². The van der Waals surface area contributed by atoms with Gasteiger partial charge in [0.2, 0.25) is 5.95 Å². The summed E-state index contributed by atoms with van der Waals surface area (Å²) in [7, 11) is 1.91. The summed E-state index contributed by atoms with van der Waals surface area (Å²) in [5, 5.41) is 0. The smallest absolute Gasteiger partial charge is 0.200 e. The van der Waals surface area contributed by atoms with Crippen molar-refractivity contribution in [3.63, 3.8) is 0 Å². The Balaban J connectivity index is 2.35. The summed E-state index contributed by atoms with van der Waals surface area (Å²) < 4.78 is 1.88. The minimum atomic E-state index is 0.524. The van der Waals surface area contributed by atoms with Crippen LogP contribution in [0.1, 0.15) is 0 Å².